The molecule has 0 aliphatic heterocycles. The molecular weight excluding hydrogens is 295 g/mol. The van der Waals surface area contributed by atoms with Gasteiger partial charge in [0.25, 0.3) is 0 Å². The van der Waals surface area contributed by atoms with Gasteiger partial charge in [-0.2, -0.15) is 4.98 Å². The smallest absolute Gasteiger partial charge is 0.316 e. The van der Waals surface area contributed by atoms with Crippen LogP contribution in [0, 0.1) is 5.82 Å². The highest BCUT2D eigenvalue weighted by atomic mass is 19.1. The summed E-state index contributed by atoms with van der Waals surface area (Å²) < 4.78 is 18.3. The molecular formula is C17H15FN4O. The summed E-state index contributed by atoms with van der Waals surface area (Å²) in [7, 11) is 1.53. The lowest BCUT2D eigenvalue weighted by Crippen LogP contribution is -1.94. The monoisotopic (exact) mass is 310 g/mol. The minimum absolute atomic E-state index is 0.267. The van der Waals surface area contributed by atoms with Crippen molar-refractivity contribution in [2.24, 2.45) is 0 Å². The SMILES string of the molecule is COc1nccc(-c2[nH]c(C3CC3)nc2-c2ccc(F)cc2)n1. The van der Waals surface area contributed by atoms with Crippen LogP contribution in [-0.4, -0.2) is 27.0 Å². The summed E-state index contributed by atoms with van der Waals surface area (Å²) in [5.41, 5.74) is 3.13. The maximum atomic E-state index is 13.2. The van der Waals surface area contributed by atoms with Gasteiger partial charge >= 0.3 is 6.01 Å². The molecule has 6 heteroatoms. The van der Waals surface area contributed by atoms with Crippen LogP contribution >= 0.6 is 0 Å². The maximum Gasteiger partial charge on any atom is 0.316 e. The molecule has 0 amide bonds. The zero-order valence-electron chi connectivity index (χ0n) is 12.6. The molecule has 0 bridgehead atoms. The summed E-state index contributed by atoms with van der Waals surface area (Å²) in [4.78, 5) is 16.5. The van der Waals surface area contributed by atoms with Crippen LogP contribution in [0.15, 0.2) is 36.5 Å². The molecule has 1 fully saturated rings. The maximum absolute atomic E-state index is 13.2. The van der Waals surface area contributed by atoms with Gasteiger partial charge in [-0.15, -0.1) is 0 Å². The molecule has 23 heavy (non-hydrogen) atoms. The van der Waals surface area contributed by atoms with E-state index in [-0.39, 0.29) is 5.82 Å². The minimum Gasteiger partial charge on any atom is -0.467 e. The highest BCUT2D eigenvalue weighted by Crippen LogP contribution is 2.41. The second-order valence-electron chi connectivity index (χ2n) is 5.56. The van der Waals surface area contributed by atoms with Crippen LogP contribution in [0.4, 0.5) is 4.39 Å². The Balaban J connectivity index is 1.85. The van der Waals surface area contributed by atoms with Gasteiger partial charge in [0, 0.05) is 17.7 Å². The van der Waals surface area contributed by atoms with E-state index in [1.807, 2.05) is 0 Å². The molecule has 0 radical (unpaired) electrons. The number of ether oxygens (including phenoxy) is 1. The highest BCUT2D eigenvalue weighted by molar-refractivity contribution is 5.76. The van der Waals surface area contributed by atoms with E-state index in [0.717, 1.165) is 35.6 Å². The van der Waals surface area contributed by atoms with Crippen LogP contribution in [-0.2, 0) is 0 Å². The van der Waals surface area contributed by atoms with E-state index in [1.54, 1.807) is 24.4 Å². The number of hydrogen-bond acceptors (Lipinski definition) is 4. The van der Waals surface area contributed by atoms with E-state index in [2.05, 4.69) is 15.0 Å². The standard InChI is InChI=1S/C17H15FN4O/c1-23-17-19-9-8-13(20-17)15-14(10-4-6-12(18)7-5-10)21-16(22-15)11-2-3-11/h4-9,11H,2-3H2,1H3,(H,21,22). The van der Waals surface area contributed by atoms with Crippen LogP contribution < -0.4 is 4.74 Å². The van der Waals surface area contributed by atoms with Gasteiger partial charge in [0.2, 0.25) is 0 Å². The summed E-state index contributed by atoms with van der Waals surface area (Å²) in [6.07, 6.45) is 3.93. The number of aromatic nitrogens is 4. The molecule has 3 aromatic rings. The van der Waals surface area contributed by atoms with Gasteiger partial charge in [-0.1, -0.05) is 0 Å². The average molecular weight is 310 g/mol. The van der Waals surface area contributed by atoms with Crippen LogP contribution in [0.2, 0.25) is 0 Å². The van der Waals surface area contributed by atoms with Crippen molar-refractivity contribution in [1.82, 2.24) is 19.9 Å². The molecule has 1 N–H and O–H groups in total. The van der Waals surface area contributed by atoms with Crippen molar-refractivity contribution >= 4 is 0 Å². The van der Waals surface area contributed by atoms with Gasteiger partial charge in [-0.05, 0) is 43.2 Å². The summed E-state index contributed by atoms with van der Waals surface area (Å²) in [5.74, 6) is 1.17. The highest BCUT2D eigenvalue weighted by Gasteiger charge is 2.29. The number of H-pyrrole nitrogens is 1. The topological polar surface area (TPSA) is 63.7 Å². The Labute approximate surface area is 132 Å². The van der Waals surface area contributed by atoms with Crippen molar-refractivity contribution in [2.45, 2.75) is 18.8 Å². The first kappa shape index (κ1) is 13.9. The number of hydrogen-bond donors (Lipinski definition) is 1. The fraction of sp³-hybridized carbons (Fsp3) is 0.235. The molecule has 1 saturated carbocycles. The molecule has 0 spiro atoms. The minimum atomic E-state index is -0.267. The van der Waals surface area contributed by atoms with Gasteiger partial charge in [0.05, 0.1) is 24.2 Å². The van der Waals surface area contributed by atoms with Crippen LogP contribution in [0.5, 0.6) is 6.01 Å². The number of nitrogens with one attached hydrogen (secondary N) is 1. The zero-order chi connectivity index (χ0) is 15.8. The van der Waals surface area contributed by atoms with Gasteiger partial charge < -0.3 is 9.72 Å². The predicted octanol–water partition coefficient (Wildman–Crippen LogP) is 3.56. The van der Waals surface area contributed by atoms with Crippen molar-refractivity contribution < 1.29 is 9.13 Å². The van der Waals surface area contributed by atoms with Gasteiger partial charge in [0.1, 0.15) is 11.6 Å². The number of imidazole rings is 1. The number of rotatable bonds is 4. The molecule has 0 unspecified atom stereocenters. The van der Waals surface area contributed by atoms with E-state index in [1.165, 1.54) is 19.2 Å². The van der Waals surface area contributed by atoms with Gasteiger partial charge in [0.15, 0.2) is 0 Å². The molecule has 5 nitrogen and oxygen atoms in total. The Bertz CT molecular complexity index is 840. The summed E-state index contributed by atoms with van der Waals surface area (Å²) >= 11 is 0. The Kier molecular flexibility index (Phi) is 3.29. The number of aromatic amines is 1. The lowest BCUT2D eigenvalue weighted by atomic mass is 10.1. The van der Waals surface area contributed by atoms with Crippen molar-refractivity contribution in [3.8, 4) is 28.7 Å². The Morgan fingerprint density at radius 3 is 2.61 bits per heavy atom. The zero-order valence-corrected chi connectivity index (χ0v) is 12.6. The first-order valence-corrected chi connectivity index (χ1v) is 7.48. The third kappa shape index (κ3) is 2.67. The third-order valence-corrected chi connectivity index (χ3v) is 3.88. The van der Waals surface area contributed by atoms with Crippen molar-refractivity contribution in [3.63, 3.8) is 0 Å². The van der Waals surface area contributed by atoms with Crippen molar-refractivity contribution in [3.05, 3.63) is 48.2 Å². The fourth-order valence-corrected chi connectivity index (χ4v) is 2.52. The molecule has 1 aromatic carbocycles. The number of benzene rings is 1. The fourth-order valence-electron chi connectivity index (χ4n) is 2.52. The molecule has 116 valence electrons. The summed E-state index contributed by atoms with van der Waals surface area (Å²) in [5, 5.41) is 0. The molecule has 0 saturated heterocycles. The largest absolute Gasteiger partial charge is 0.467 e. The summed E-state index contributed by atoms with van der Waals surface area (Å²) in [6, 6.07) is 8.43. The third-order valence-electron chi connectivity index (χ3n) is 3.88. The quantitative estimate of drug-likeness (QED) is 0.800. The number of halogens is 1. The molecule has 2 aromatic heterocycles. The van der Waals surface area contributed by atoms with Crippen molar-refractivity contribution in [2.75, 3.05) is 7.11 Å². The molecule has 2 heterocycles. The van der Waals surface area contributed by atoms with Crippen LogP contribution in [0.25, 0.3) is 22.6 Å². The van der Waals surface area contributed by atoms with Gasteiger partial charge in [-0.3, -0.25) is 0 Å². The van der Waals surface area contributed by atoms with Crippen LogP contribution in [0.1, 0.15) is 24.6 Å². The number of methoxy groups -OCH3 is 1. The Morgan fingerprint density at radius 2 is 1.91 bits per heavy atom. The van der Waals surface area contributed by atoms with E-state index >= 15 is 0 Å². The van der Waals surface area contributed by atoms with E-state index < -0.39 is 0 Å². The molecule has 4 rings (SSSR count). The van der Waals surface area contributed by atoms with Crippen LogP contribution in [0.3, 0.4) is 0 Å². The Hall–Kier alpha value is -2.76. The van der Waals surface area contributed by atoms with E-state index in [0.29, 0.717) is 17.6 Å². The normalized spacial score (nSPS) is 14.0. The molecule has 1 aliphatic rings. The second-order valence-corrected chi connectivity index (χ2v) is 5.56. The first-order valence-electron chi connectivity index (χ1n) is 7.48. The van der Waals surface area contributed by atoms with E-state index in [9.17, 15) is 4.39 Å². The number of nitrogens with zero attached hydrogens (tertiary/aromatic N) is 3. The Morgan fingerprint density at radius 1 is 1.13 bits per heavy atom. The predicted molar refractivity (Wildman–Crippen MR) is 83.5 cm³/mol. The summed E-state index contributed by atoms with van der Waals surface area (Å²) in [6.45, 7) is 0. The average Bonchev–Trinajstić information content (AvgIpc) is 3.35. The lowest BCUT2D eigenvalue weighted by Gasteiger charge is -2.04. The van der Waals surface area contributed by atoms with Crippen molar-refractivity contribution in [1.29, 1.82) is 0 Å². The van der Waals surface area contributed by atoms with E-state index in [4.69, 9.17) is 9.72 Å². The van der Waals surface area contributed by atoms with Gasteiger partial charge in [-0.25, -0.2) is 14.4 Å². The molecule has 1 aliphatic carbocycles. The first-order chi connectivity index (χ1) is 11.2. The second kappa shape index (κ2) is 5.46. The molecule has 0 atom stereocenters. The lowest BCUT2D eigenvalue weighted by molar-refractivity contribution is 0.380.